The van der Waals surface area contributed by atoms with E-state index in [9.17, 15) is 0 Å². The second-order valence-electron chi connectivity index (χ2n) is 6.34. The van der Waals surface area contributed by atoms with Crippen LogP contribution in [0.15, 0.2) is 36.8 Å². The molecule has 1 fully saturated rings. The lowest BCUT2D eigenvalue weighted by Gasteiger charge is -2.35. The number of hydrogen-bond acceptors (Lipinski definition) is 5. The van der Waals surface area contributed by atoms with E-state index in [-0.39, 0.29) is 18.4 Å². The van der Waals surface area contributed by atoms with Gasteiger partial charge in [-0.25, -0.2) is 9.67 Å². The maximum Gasteiger partial charge on any atom is 0.127 e. The van der Waals surface area contributed by atoms with E-state index in [1.54, 1.807) is 16.8 Å². The van der Waals surface area contributed by atoms with E-state index in [4.69, 9.17) is 23.2 Å². The van der Waals surface area contributed by atoms with Crippen molar-refractivity contribution in [1.82, 2.24) is 34.8 Å². The van der Waals surface area contributed by atoms with Gasteiger partial charge >= 0.3 is 0 Å². The topological polar surface area (TPSA) is 63.8 Å². The number of hydrogen-bond donors (Lipinski definition) is 1. The van der Waals surface area contributed by atoms with Gasteiger partial charge in [0, 0.05) is 45.6 Å². The van der Waals surface area contributed by atoms with Gasteiger partial charge in [-0.15, -0.1) is 17.5 Å². The van der Waals surface area contributed by atoms with Crippen LogP contribution in [0.1, 0.15) is 17.6 Å². The molecule has 0 aliphatic carbocycles. The van der Waals surface area contributed by atoms with Crippen molar-refractivity contribution in [3.05, 3.63) is 58.4 Å². The summed E-state index contributed by atoms with van der Waals surface area (Å²) >= 11 is 12.1. The summed E-state index contributed by atoms with van der Waals surface area (Å²) in [7, 11) is 2.02. The molecule has 0 saturated carbocycles. The molecule has 1 aliphatic rings. The Kier molecular flexibility index (Phi) is 6.39. The van der Waals surface area contributed by atoms with Gasteiger partial charge < -0.3 is 9.88 Å². The molecule has 0 spiro atoms. The van der Waals surface area contributed by atoms with Gasteiger partial charge in [-0.1, -0.05) is 28.4 Å². The van der Waals surface area contributed by atoms with Crippen molar-refractivity contribution >= 4 is 35.6 Å². The Balaban J connectivity index is 0.00000210. The quantitative estimate of drug-likeness (QED) is 0.692. The van der Waals surface area contributed by atoms with E-state index in [1.807, 2.05) is 31.7 Å². The lowest BCUT2D eigenvalue weighted by molar-refractivity contribution is 0.143. The van der Waals surface area contributed by atoms with Crippen LogP contribution in [0.4, 0.5) is 0 Å². The Morgan fingerprint density at radius 1 is 1.26 bits per heavy atom. The van der Waals surface area contributed by atoms with Gasteiger partial charge in [0.15, 0.2) is 0 Å². The molecule has 0 radical (unpaired) electrons. The lowest BCUT2D eigenvalue weighted by atomic mass is 10.1. The number of rotatable bonds is 4. The van der Waals surface area contributed by atoms with Gasteiger partial charge in [0.25, 0.3) is 0 Å². The van der Waals surface area contributed by atoms with Gasteiger partial charge in [-0.05, 0) is 18.2 Å². The number of piperazine rings is 1. The van der Waals surface area contributed by atoms with Crippen LogP contribution in [0.3, 0.4) is 0 Å². The molecule has 27 heavy (non-hydrogen) atoms. The summed E-state index contributed by atoms with van der Waals surface area (Å²) in [4.78, 5) is 6.89. The highest BCUT2D eigenvalue weighted by atomic mass is 35.5. The molecule has 1 atom stereocenters. The van der Waals surface area contributed by atoms with Crippen LogP contribution >= 0.6 is 35.6 Å². The number of aryl methyl sites for hydroxylation is 1. The van der Waals surface area contributed by atoms with Crippen molar-refractivity contribution in [2.75, 3.05) is 19.6 Å². The Bertz CT molecular complexity index is 908. The molecule has 1 aliphatic heterocycles. The SMILES string of the molecule is Cl.Cn1ccnc1C1CNCCN1Cc1cn(-c2ccc(Cl)c(Cl)c2)nn1. The van der Waals surface area contributed by atoms with E-state index in [0.29, 0.717) is 16.6 Å². The van der Waals surface area contributed by atoms with Crippen LogP contribution in [0.25, 0.3) is 5.69 Å². The van der Waals surface area contributed by atoms with E-state index >= 15 is 0 Å². The third-order valence-electron chi connectivity index (χ3n) is 4.58. The third-order valence-corrected chi connectivity index (χ3v) is 5.32. The fraction of sp³-hybridized carbons (Fsp3) is 0.353. The molecule has 0 bridgehead atoms. The number of nitrogens with zero attached hydrogens (tertiary/aromatic N) is 6. The summed E-state index contributed by atoms with van der Waals surface area (Å²) in [5, 5.41) is 13.0. The first-order valence-corrected chi connectivity index (χ1v) is 9.16. The third kappa shape index (κ3) is 4.28. The predicted octanol–water partition coefficient (Wildman–Crippen LogP) is 2.88. The molecular weight excluding hydrogens is 409 g/mol. The van der Waals surface area contributed by atoms with Crippen LogP contribution in [-0.2, 0) is 13.6 Å². The van der Waals surface area contributed by atoms with Crippen LogP contribution in [0.2, 0.25) is 10.0 Å². The molecule has 1 saturated heterocycles. The zero-order valence-corrected chi connectivity index (χ0v) is 17.0. The van der Waals surface area contributed by atoms with E-state index < -0.39 is 0 Å². The maximum absolute atomic E-state index is 6.10. The normalized spacial score (nSPS) is 17.7. The Hall–Kier alpha value is -1.64. The highest BCUT2D eigenvalue weighted by Crippen LogP contribution is 2.25. The van der Waals surface area contributed by atoms with Crippen molar-refractivity contribution in [1.29, 1.82) is 0 Å². The van der Waals surface area contributed by atoms with Gasteiger partial charge in [-0.3, -0.25) is 4.90 Å². The fourth-order valence-corrected chi connectivity index (χ4v) is 3.51. The Morgan fingerprint density at radius 3 is 2.85 bits per heavy atom. The summed E-state index contributed by atoms with van der Waals surface area (Å²) in [6, 6.07) is 5.62. The maximum atomic E-state index is 6.10. The summed E-state index contributed by atoms with van der Waals surface area (Å²) in [6.45, 7) is 3.45. The molecule has 144 valence electrons. The summed E-state index contributed by atoms with van der Waals surface area (Å²) in [5.74, 6) is 1.05. The van der Waals surface area contributed by atoms with Crippen molar-refractivity contribution in [2.45, 2.75) is 12.6 Å². The molecular formula is C17H20Cl3N7. The van der Waals surface area contributed by atoms with Gasteiger partial charge in [0.05, 0.1) is 33.7 Å². The fourth-order valence-electron chi connectivity index (χ4n) is 3.22. The molecule has 3 heterocycles. The van der Waals surface area contributed by atoms with Crippen LogP contribution in [0.5, 0.6) is 0 Å². The lowest BCUT2D eigenvalue weighted by Crippen LogP contribution is -2.46. The van der Waals surface area contributed by atoms with Crippen molar-refractivity contribution in [3.63, 3.8) is 0 Å². The zero-order chi connectivity index (χ0) is 18.1. The number of imidazole rings is 1. The van der Waals surface area contributed by atoms with Crippen LogP contribution in [0, 0.1) is 0 Å². The predicted molar refractivity (Wildman–Crippen MR) is 108 cm³/mol. The zero-order valence-electron chi connectivity index (χ0n) is 14.7. The smallest absolute Gasteiger partial charge is 0.127 e. The Labute approximate surface area is 173 Å². The number of aromatic nitrogens is 5. The highest BCUT2D eigenvalue weighted by molar-refractivity contribution is 6.42. The summed E-state index contributed by atoms with van der Waals surface area (Å²) in [6.07, 6.45) is 5.74. The molecule has 1 N–H and O–H groups in total. The van der Waals surface area contributed by atoms with E-state index in [0.717, 1.165) is 36.8 Å². The van der Waals surface area contributed by atoms with E-state index in [2.05, 4.69) is 30.1 Å². The minimum Gasteiger partial charge on any atom is -0.337 e. The number of benzene rings is 1. The first-order valence-electron chi connectivity index (χ1n) is 8.40. The van der Waals surface area contributed by atoms with Crippen molar-refractivity contribution in [2.24, 2.45) is 7.05 Å². The first kappa shape index (κ1) is 20.1. The molecule has 2 aromatic heterocycles. The standard InChI is InChI=1S/C17H19Cl2N7.ClH/c1-24-6-5-21-17(24)16-9-20-4-7-25(16)10-12-11-26(23-22-12)13-2-3-14(18)15(19)8-13;/h2-3,5-6,8,11,16,20H,4,7,9-10H2,1H3;1H. The van der Waals surface area contributed by atoms with E-state index in [1.165, 1.54) is 0 Å². The summed E-state index contributed by atoms with van der Waals surface area (Å²) < 4.78 is 3.78. The number of halogens is 3. The molecule has 3 aromatic rings. The Morgan fingerprint density at radius 2 is 2.11 bits per heavy atom. The molecule has 1 unspecified atom stereocenters. The number of nitrogens with one attached hydrogen (secondary N) is 1. The minimum absolute atomic E-state index is 0. The average Bonchev–Trinajstić information content (AvgIpc) is 3.27. The molecule has 0 amide bonds. The monoisotopic (exact) mass is 427 g/mol. The largest absolute Gasteiger partial charge is 0.337 e. The second-order valence-corrected chi connectivity index (χ2v) is 7.15. The summed E-state index contributed by atoms with van der Waals surface area (Å²) in [5.41, 5.74) is 1.73. The average molecular weight is 429 g/mol. The van der Waals surface area contributed by atoms with Crippen molar-refractivity contribution < 1.29 is 0 Å². The second kappa shape index (κ2) is 8.58. The molecule has 1 aromatic carbocycles. The van der Waals surface area contributed by atoms with Gasteiger partial charge in [-0.2, -0.15) is 0 Å². The van der Waals surface area contributed by atoms with Crippen molar-refractivity contribution in [3.8, 4) is 5.69 Å². The molecule has 4 rings (SSSR count). The highest BCUT2D eigenvalue weighted by Gasteiger charge is 2.27. The minimum atomic E-state index is 0. The molecule has 10 heteroatoms. The first-order chi connectivity index (χ1) is 12.6. The van der Waals surface area contributed by atoms with Gasteiger partial charge in [0.1, 0.15) is 5.82 Å². The van der Waals surface area contributed by atoms with Crippen LogP contribution < -0.4 is 5.32 Å². The van der Waals surface area contributed by atoms with Crippen LogP contribution in [-0.4, -0.2) is 49.1 Å². The molecule has 7 nitrogen and oxygen atoms in total. The van der Waals surface area contributed by atoms with Gasteiger partial charge in [0.2, 0.25) is 0 Å².